The summed E-state index contributed by atoms with van der Waals surface area (Å²) in [6.45, 7) is 3.51. The minimum absolute atomic E-state index is 0.295. The van der Waals surface area contributed by atoms with E-state index in [1.165, 1.54) is 17.7 Å². The third kappa shape index (κ3) is 4.23. The normalized spacial score (nSPS) is 10.4. The SMILES string of the molecule is CCCc1ccc(N(C)CCCCO)cc1. The number of hydrogen-bond donors (Lipinski definition) is 1. The lowest BCUT2D eigenvalue weighted by molar-refractivity contribution is 0.285. The van der Waals surface area contributed by atoms with Crippen LogP contribution in [-0.2, 0) is 6.42 Å². The van der Waals surface area contributed by atoms with Gasteiger partial charge < -0.3 is 10.0 Å². The Balaban J connectivity index is 2.46. The summed E-state index contributed by atoms with van der Waals surface area (Å²) in [4.78, 5) is 2.24. The van der Waals surface area contributed by atoms with E-state index in [0.29, 0.717) is 6.61 Å². The van der Waals surface area contributed by atoms with E-state index in [1.54, 1.807) is 0 Å². The van der Waals surface area contributed by atoms with E-state index in [-0.39, 0.29) is 0 Å². The molecule has 0 fully saturated rings. The standard InChI is InChI=1S/C14H23NO/c1-3-6-13-7-9-14(10-8-13)15(2)11-4-5-12-16/h7-10,16H,3-6,11-12H2,1-2H3. The molecule has 0 aliphatic heterocycles. The second kappa shape index (κ2) is 7.29. The maximum atomic E-state index is 8.73. The highest BCUT2D eigenvalue weighted by molar-refractivity contribution is 5.46. The molecule has 1 N–H and O–H groups in total. The fourth-order valence-corrected chi connectivity index (χ4v) is 1.80. The van der Waals surface area contributed by atoms with Gasteiger partial charge in [-0.05, 0) is 37.0 Å². The van der Waals surface area contributed by atoms with Gasteiger partial charge in [-0.15, -0.1) is 0 Å². The maximum absolute atomic E-state index is 8.73. The first kappa shape index (κ1) is 13.0. The Bertz CT molecular complexity index is 281. The van der Waals surface area contributed by atoms with Gasteiger partial charge in [-0.1, -0.05) is 25.5 Å². The molecule has 0 aliphatic rings. The second-order valence-electron chi connectivity index (χ2n) is 4.27. The van der Waals surface area contributed by atoms with E-state index in [4.69, 9.17) is 5.11 Å². The van der Waals surface area contributed by atoms with Crippen molar-refractivity contribution in [3.05, 3.63) is 29.8 Å². The summed E-state index contributed by atoms with van der Waals surface area (Å²) in [6.07, 6.45) is 4.29. The van der Waals surface area contributed by atoms with Crippen molar-refractivity contribution in [3.8, 4) is 0 Å². The number of aryl methyl sites for hydroxylation is 1. The number of anilines is 1. The summed E-state index contributed by atoms with van der Waals surface area (Å²) in [5.41, 5.74) is 2.67. The molecule has 0 amide bonds. The van der Waals surface area contributed by atoms with E-state index < -0.39 is 0 Å². The van der Waals surface area contributed by atoms with Crippen molar-refractivity contribution in [1.29, 1.82) is 0 Å². The molecule has 0 aliphatic carbocycles. The Morgan fingerprint density at radius 2 is 1.81 bits per heavy atom. The topological polar surface area (TPSA) is 23.5 Å². The lowest BCUT2D eigenvalue weighted by Crippen LogP contribution is -2.18. The minimum atomic E-state index is 0.295. The number of unbranched alkanes of at least 4 members (excludes halogenated alkanes) is 1. The van der Waals surface area contributed by atoms with Crippen LogP contribution >= 0.6 is 0 Å². The first-order valence-electron chi connectivity index (χ1n) is 6.19. The van der Waals surface area contributed by atoms with Crippen molar-refractivity contribution in [3.63, 3.8) is 0 Å². The molecule has 2 heteroatoms. The first-order valence-corrected chi connectivity index (χ1v) is 6.19. The zero-order chi connectivity index (χ0) is 11.8. The minimum Gasteiger partial charge on any atom is -0.396 e. The summed E-state index contributed by atoms with van der Waals surface area (Å²) in [7, 11) is 2.10. The zero-order valence-electron chi connectivity index (χ0n) is 10.4. The van der Waals surface area contributed by atoms with Crippen molar-refractivity contribution in [1.82, 2.24) is 0 Å². The summed E-state index contributed by atoms with van der Waals surface area (Å²) in [5.74, 6) is 0. The summed E-state index contributed by atoms with van der Waals surface area (Å²) in [5, 5.41) is 8.73. The smallest absolute Gasteiger partial charge is 0.0431 e. The second-order valence-corrected chi connectivity index (χ2v) is 4.27. The molecule has 0 spiro atoms. The Labute approximate surface area is 98.9 Å². The molecular weight excluding hydrogens is 198 g/mol. The highest BCUT2D eigenvalue weighted by atomic mass is 16.2. The molecule has 0 saturated heterocycles. The fraction of sp³-hybridized carbons (Fsp3) is 0.571. The van der Waals surface area contributed by atoms with Gasteiger partial charge in [0, 0.05) is 25.9 Å². The van der Waals surface area contributed by atoms with E-state index in [9.17, 15) is 0 Å². The Kier molecular flexibility index (Phi) is 5.94. The zero-order valence-corrected chi connectivity index (χ0v) is 10.4. The van der Waals surface area contributed by atoms with E-state index in [1.807, 2.05) is 0 Å². The van der Waals surface area contributed by atoms with Crippen LogP contribution < -0.4 is 4.90 Å². The average Bonchev–Trinajstić information content (AvgIpc) is 2.30. The summed E-state index contributed by atoms with van der Waals surface area (Å²) >= 11 is 0. The van der Waals surface area contributed by atoms with Crippen molar-refractivity contribution >= 4 is 5.69 Å². The molecule has 0 aromatic heterocycles. The van der Waals surface area contributed by atoms with Crippen LogP contribution in [0.5, 0.6) is 0 Å². The Morgan fingerprint density at radius 3 is 2.38 bits per heavy atom. The highest BCUT2D eigenvalue weighted by Crippen LogP contribution is 2.15. The van der Waals surface area contributed by atoms with Gasteiger partial charge in [-0.3, -0.25) is 0 Å². The maximum Gasteiger partial charge on any atom is 0.0431 e. The van der Waals surface area contributed by atoms with Crippen LogP contribution in [0, 0.1) is 0 Å². The van der Waals surface area contributed by atoms with Crippen molar-refractivity contribution in [2.45, 2.75) is 32.6 Å². The molecule has 90 valence electrons. The van der Waals surface area contributed by atoms with Crippen molar-refractivity contribution in [2.75, 3.05) is 25.1 Å². The van der Waals surface area contributed by atoms with Crippen LogP contribution in [0.25, 0.3) is 0 Å². The van der Waals surface area contributed by atoms with Crippen LogP contribution in [0.3, 0.4) is 0 Å². The lowest BCUT2D eigenvalue weighted by Gasteiger charge is -2.19. The molecule has 0 atom stereocenters. The number of nitrogens with zero attached hydrogens (tertiary/aromatic N) is 1. The van der Waals surface area contributed by atoms with Crippen molar-refractivity contribution in [2.24, 2.45) is 0 Å². The number of aliphatic hydroxyl groups excluding tert-OH is 1. The van der Waals surface area contributed by atoms with Gasteiger partial charge in [0.2, 0.25) is 0 Å². The number of rotatable bonds is 7. The summed E-state index contributed by atoms with van der Waals surface area (Å²) in [6, 6.07) is 8.79. The fourth-order valence-electron chi connectivity index (χ4n) is 1.80. The largest absolute Gasteiger partial charge is 0.396 e. The highest BCUT2D eigenvalue weighted by Gasteiger charge is 2.00. The van der Waals surface area contributed by atoms with Crippen LogP contribution in [0.15, 0.2) is 24.3 Å². The molecule has 0 bridgehead atoms. The molecular formula is C14H23NO. The quantitative estimate of drug-likeness (QED) is 0.716. The Morgan fingerprint density at radius 1 is 1.12 bits per heavy atom. The van der Waals surface area contributed by atoms with Gasteiger partial charge in [0.25, 0.3) is 0 Å². The third-order valence-electron chi connectivity index (χ3n) is 2.82. The molecule has 1 rings (SSSR count). The molecule has 0 saturated carbocycles. The number of hydrogen-bond acceptors (Lipinski definition) is 2. The Hall–Kier alpha value is -1.02. The third-order valence-corrected chi connectivity index (χ3v) is 2.82. The average molecular weight is 221 g/mol. The predicted octanol–water partition coefficient (Wildman–Crippen LogP) is 2.85. The van der Waals surface area contributed by atoms with Crippen LogP contribution in [0.4, 0.5) is 5.69 Å². The van der Waals surface area contributed by atoms with E-state index >= 15 is 0 Å². The van der Waals surface area contributed by atoms with E-state index in [2.05, 4.69) is 43.1 Å². The molecule has 16 heavy (non-hydrogen) atoms. The molecule has 0 heterocycles. The molecule has 2 nitrogen and oxygen atoms in total. The molecule has 0 radical (unpaired) electrons. The number of benzene rings is 1. The molecule has 1 aromatic rings. The molecule has 0 unspecified atom stereocenters. The van der Waals surface area contributed by atoms with Crippen LogP contribution in [-0.4, -0.2) is 25.3 Å². The van der Waals surface area contributed by atoms with Gasteiger partial charge >= 0.3 is 0 Å². The number of aliphatic hydroxyl groups is 1. The predicted molar refractivity (Wildman–Crippen MR) is 70.0 cm³/mol. The van der Waals surface area contributed by atoms with Gasteiger partial charge in [-0.2, -0.15) is 0 Å². The van der Waals surface area contributed by atoms with Gasteiger partial charge in [-0.25, -0.2) is 0 Å². The first-order chi connectivity index (χ1) is 7.77. The molecule has 1 aromatic carbocycles. The van der Waals surface area contributed by atoms with E-state index in [0.717, 1.165) is 25.8 Å². The monoisotopic (exact) mass is 221 g/mol. The van der Waals surface area contributed by atoms with Gasteiger partial charge in [0.05, 0.1) is 0 Å². The summed E-state index contributed by atoms with van der Waals surface area (Å²) < 4.78 is 0. The van der Waals surface area contributed by atoms with Crippen LogP contribution in [0.1, 0.15) is 31.7 Å². The lowest BCUT2D eigenvalue weighted by atomic mass is 10.1. The van der Waals surface area contributed by atoms with Crippen molar-refractivity contribution < 1.29 is 5.11 Å². The van der Waals surface area contributed by atoms with Gasteiger partial charge in [0.15, 0.2) is 0 Å². The van der Waals surface area contributed by atoms with Crippen LogP contribution in [0.2, 0.25) is 0 Å². The van der Waals surface area contributed by atoms with Gasteiger partial charge in [0.1, 0.15) is 0 Å².